The minimum atomic E-state index is 0.661. The Hall–Kier alpha value is -1.00. The summed E-state index contributed by atoms with van der Waals surface area (Å²) in [6.07, 6.45) is 2.55. The average molecular weight is 323 g/mol. The Morgan fingerprint density at radius 3 is 2.78 bits per heavy atom. The van der Waals surface area contributed by atoms with Crippen molar-refractivity contribution in [2.24, 2.45) is 0 Å². The van der Waals surface area contributed by atoms with Gasteiger partial charge >= 0.3 is 0 Å². The van der Waals surface area contributed by atoms with Gasteiger partial charge in [0.1, 0.15) is 0 Å². The molecule has 0 spiro atoms. The zero-order valence-electron chi connectivity index (χ0n) is 9.97. The lowest BCUT2D eigenvalue weighted by Gasteiger charge is -2.26. The van der Waals surface area contributed by atoms with Crippen LogP contribution in [0.15, 0.2) is 39.5 Å². The zero-order chi connectivity index (χ0) is 12.5. The molecule has 1 aliphatic rings. The Labute approximate surface area is 120 Å². The molecular weight excluding hydrogens is 308 g/mol. The highest BCUT2D eigenvalue weighted by molar-refractivity contribution is 9.10. The molecule has 4 heteroatoms. The summed E-state index contributed by atoms with van der Waals surface area (Å²) in [4.78, 5) is 2.43. The molecule has 0 radical (unpaired) electrons. The first kappa shape index (κ1) is 12.1. The number of hydrogen-bond donors (Lipinski definition) is 1. The summed E-state index contributed by atoms with van der Waals surface area (Å²) < 4.78 is 1.04. The highest BCUT2D eigenvalue weighted by Gasteiger charge is 2.30. The molecule has 2 nitrogen and oxygen atoms in total. The number of nitrogens with zero attached hydrogens (tertiary/aromatic N) is 1. The monoisotopic (exact) mass is 322 g/mol. The van der Waals surface area contributed by atoms with E-state index in [9.17, 15) is 0 Å². The topological polar surface area (TPSA) is 29.3 Å². The number of anilines is 2. The highest BCUT2D eigenvalue weighted by atomic mass is 79.9. The van der Waals surface area contributed by atoms with Crippen molar-refractivity contribution in [2.75, 3.05) is 10.6 Å². The van der Waals surface area contributed by atoms with E-state index in [0.29, 0.717) is 6.04 Å². The van der Waals surface area contributed by atoms with Gasteiger partial charge in [-0.2, -0.15) is 11.3 Å². The predicted octanol–water partition coefficient (Wildman–Crippen LogP) is 4.26. The van der Waals surface area contributed by atoms with Crippen molar-refractivity contribution in [3.8, 4) is 0 Å². The first-order chi connectivity index (χ1) is 8.74. The quantitative estimate of drug-likeness (QED) is 0.852. The molecule has 0 unspecified atom stereocenters. The largest absolute Gasteiger partial charge is 0.397 e. The second-order valence-corrected chi connectivity index (χ2v) is 6.39. The molecule has 94 valence electrons. The Morgan fingerprint density at radius 1 is 1.33 bits per heavy atom. The lowest BCUT2D eigenvalue weighted by Crippen LogP contribution is -2.25. The number of hydrogen-bond acceptors (Lipinski definition) is 3. The van der Waals surface area contributed by atoms with Gasteiger partial charge in [0.25, 0.3) is 0 Å². The van der Waals surface area contributed by atoms with E-state index in [1.54, 1.807) is 11.3 Å². The van der Waals surface area contributed by atoms with E-state index in [-0.39, 0.29) is 0 Å². The van der Waals surface area contributed by atoms with Gasteiger partial charge in [-0.1, -0.05) is 15.9 Å². The summed E-state index contributed by atoms with van der Waals surface area (Å²) in [5.74, 6) is 0. The summed E-state index contributed by atoms with van der Waals surface area (Å²) in [5, 5.41) is 4.34. The zero-order valence-corrected chi connectivity index (χ0v) is 12.4. The first-order valence-electron chi connectivity index (χ1n) is 6.07. The third-order valence-corrected chi connectivity index (χ3v) is 4.44. The maximum absolute atomic E-state index is 6.15. The molecule has 0 amide bonds. The fourth-order valence-electron chi connectivity index (χ4n) is 2.16. The van der Waals surface area contributed by atoms with Gasteiger partial charge in [0.15, 0.2) is 0 Å². The third-order valence-electron chi connectivity index (χ3n) is 3.22. The summed E-state index contributed by atoms with van der Waals surface area (Å²) in [6, 6.07) is 9.01. The van der Waals surface area contributed by atoms with Gasteiger partial charge in [-0.15, -0.1) is 0 Å². The van der Waals surface area contributed by atoms with Gasteiger partial charge < -0.3 is 10.6 Å². The van der Waals surface area contributed by atoms with Crippen LogP contribution in [0.1, 0.15) is 18.4 Å². The number of thiophene rings is 1. The maximum atomic E-state index is 6.15. The minimum absolute atomic E-state index is 0.661. The van der Waals surface area contributed by atoms with Crippen LogP contribution in [0.2, 0.25) is 0 Å². The molecule has 1 aromatic heterocycles. The summed E-state index contributed by atoms with van der Waals surface area (Å²) >= 11 is 5.21. The van der Waals surface area contributed by atoms with E-state index in [1.165, 1.54) is 18.4 Å². The second kappa shape index (κ2) is 4.94. The van der Waals surface area contributed by atoms with Gasteiger partial charge in [-0.3, -0.25) is 0 Å². The van der Waals surface area contributed by atoms with Crippen molar-refractivity contribution in [3.63, 3.8) is 0 Å². The van der Waals surface area contributed by atoms with Crippen LogP contribution in [0.5, 0.6) is 0 Å². The van der Waals surface area contributed by atoms with Crippen LogP contribution in [-0.2, 0) is 6.54 Å². The molecule has 3 rings (SSSR count). The molecule has 2 aromatic rings. The standard InChI is InChI=1S/C14H15BrN2S/c15-11-1-4-14(13(16)7-11)17(12-2-3-12)8-10-5-6-18-9-10/h1,4-7,9,12H,2-3,8,16H2. The number of benzene rings is 1. The lowest BCUT2D eigenvalue weighted by atomic mass is 10.2. The first-order valence-corrected chi connectivity index (χ1v) is 7.80. The molecular formula is C14H15BrN2S. The Balaban J connectivity index is 1.89. The lowest BCUT2D eigenvalue weighted by molar-refractivity contribution is 0.798. The maximum Gasteiger partial charge on any atom is 0.0606 e. The molecule has 2 N–H and O–H groups in total. The number of nitrogen functional groups attached to an aromatic ring is 1. The van der Waals surface area contributed by atoms with Gasteiger partial charge in [0, 0.05) is 17.1 Å². The van der Waals surface area contributed by atoms with E-state index < -0.39 is 0 Å². The Morgan fingerprint density at radius 2 is 2.17 bits per heavy atom. The van der Waals surface area contributed by atoms with Crippen LogP contribution >= 0.6 is 27.3 Å². The van der Waals surface area contributed by atoms with E-state index in [1.807, 2.05) is 6.07 Å². The third kappa shape index (κ3) is 2.54. The van der Waals surface area contributed by atoms with Crippen LogP contribution in [0.3, 0.4) is 0 Å². The van der Waals surface area contributed by atoms with E-state index in [4.69, 9.17) is 5.73 Å². The molecule has 0 saturated heterocycles. The van der Waals surface area contributed by atoms with E-state index in [0.717, 1.165) is 22.4 Å². The molecule has 0 aliphatic heterocycles. The Kier molecular flexibility index (Phi) is 3.31. The van der Waals surface area contributed by atoms with Crippen molar-refractivity contribution in [1.82, 2.24) is 0 Å². The van der Waals surface area contributed by atoms with Crippen LogP contribution in [0, 0.1) is 0 Å². The molecule has 1 aliphatic carbocycles. The van der Waals surface area contributed by atoms with Crippen LogP contribution in [0.25, 0.3) is 0 Å². The fourth-order valence-corrected chi connectivity index (χ4v) is 3.20. The second-order valence-electron chi connectivity index (χ2n) is 4.69. The smallest absolute Gasteiger partial charge is 0.0606 e. The van der Waals surface area contributed by atoms with Crippen molar-refractivity contribution < 1.29 is 0 Å². The predicted molar refractivity (Wildman–Crippen MR) is 82.1 cm³/mol. The molecule has 1 saturated carbocycles. The summed E-state index contributed by atoms with van der Waals surface area (Å²) in [5.41, 5.74) is 9.53. The van der Waals surface area contributed by atoms with Crippen molar-refractivity contribution in [1.29, 1.82) is 0 Å². The van der Waals surface area contributed by atoms with E-state index in [2.05, 4.69) is 49.8 Å². The summed E-state index contributed by atoms with van der Waals surface area (Å²) in [7, 11) is 0. The molecule has 1 aromatic carbocycles. The van der Waals surface area contributed by atoms with Crippen LogP contribution in [0.4, 0.5) is 11.4 Å². The molecule has 0 atom stereocenters. The highest BCUT2D eigenvalue weighted by Crippen LogP contribution is 2.37. The average Bonchev–Trinajstić information content (AvgIpc) is 3.05. The van der Waals surface area contributed by atoms with Gasteiger partial charge in [0.2, 0.25) is 0 Å². The van der Waals surface area contributed by atoms with Crippen LogP contribution < -0.4 is 10.6 Å². The fraction of sp³-hybridized carbons (Fsp3) is 0.286. The SMILES string of the molecule is Nc1cc(Br)ccc1N(Cc1ccsc1)C1CC1. The van der Waals surface area contributed by atoms with Crippen LogP contribution in [-0.4, -0.2) is 6.04 Å². The van der Waals surface area contributed by atoms with Crippen molar-refractivity contribution >= 4 is 38.6 Å². The number of halogens is 1. The molecule has 1 heterocycles. The van der Waals surface area contributed by atoms with Gasteiger partial charge in [-0.05, 0) is 53.4 Å². The molecule has 0 bridgehead atoms. The van der Waals surface area contributed by atoms with Gasteiger partial charge in [0.05, 0.1) is 11.4 Å². The minimum Gasteiger partial charge on any atom is -0.397 e. The van der Waals surface area contributed by atoms with Crippen molar-refractivity contribution in [2.45, 2.75) is 25.4 Å². The summed E-state index contributed by atoms with van der Waals surface area (Å²) in [6.45, 7) is 0.958. The normalized spacial score (nSPS) is 14.7. The molecule has 18 heavy (non-hydrogen) atoms. The van der Waals surface area contributed by atoms with E-state index >= 15 is 0 Å². The Bertz CT molecular complexity index is 535. The number of nitrogens with two attached hydrogens (primary N) is 1. The number of rotatable bonds is 4. The molecule has 1 fully saturated rings. The van der Waals surface area contributed by atoms with Crippen molar-refractivity contribution in [3.05, 3.63) is 45.1 Å². The van der Waals surface area contributed by atoms with Gasteiger partial charge in [-0.25, -0.2) is 0 Å².